The molecule has 2 rings (SSSR count). The maximum atomic E-state index is 11.7. The zero-order chi connectivity index (χ0) is 16.8. The van der Waals surface area contributed by atoms with Crippen LogP contribution in [0.5, 0.6) is 5.75 Å². The molecule has 1 aromatic carbocycles. The summed E-state index contributed by atoms with van der Waals surface area (Å²) < 4.78 is 6.48. The molecule has 0 bridgehead atoms. The number of ether oxygens (including phenoxy) is 1. The zero-order valence-corrected chi connectivity index (χ0v) is 14.6. The summed E-state index contributed by atoms with van der Waals surface area (Å²) in [5.74, 6) is 0.338. The highest BCUT2D eigenvalue weighted by Crippen LogP contribution is 2.20. The van der Waals surface area contributed by atoms with E-state index in [1.807, 2.05) is 18.2 Å². The van der Waals surface area contributed by atoms with Crippen molar-refractivity contribution in [3.63, 3.8) is 0 Å². The third-order valence-corrected chi connectivity index (χ3v) is 3.91. The molecule has 0 radical (unpaired) electrons. The van der Waals surface area contributed by atoms with Crippen LogP contribution in [0.15, 0.2) is 46.1 Å². The van der Waals surface area contributed by atoms with Crippen molar-refractivity contribution in [1.29, 1.82) is 0 Å². The van der Waals surface area contributed by atoms with E-state index in [1.54, 1.807) is 13.0 Å². The molecule has 1 aromatic rings. The molecular weight excluding hydrogens is 411 g/mol. The van der Waals surface area contributed by atoms with Crippen molar-refractivity contribution in [3.8, 4) is 5.75 Å². The molecule has 3 amide bonds. The Bertz CT molecular complexity index is 700. The fraction of sp³-hybridized carbons (Fsp3) is 0.200. The summed E-state index contributed by atoms with van der Waals surface area (Å²) in [4.78, 5) is 32.1. The summed E-state index contributed by atoms with van der Waals surface area (Å²) >= 11 is 2.14. The maximum Gasteiger partial charge on any atom is 0.328 e. The van der Waals surface area contributed by atoms with Crippen molar-refractivity contribution in [2.75, 3.05) is 6.54 Å². The average Bonchev–Trinajstić information content (AvgIpc) is 2.52. The number of rotatable bonds is 3. The molecule has 1 heterocycles. The number of benzene rings is 1. The number of nitrogens with zero attached hydrogens (tertiary/aromatic N) is 3. The van der Waals surface area contributed by atoms with Crippen LogP contribution in [0, 0.1) is 3.57 Å². The number of halogens is 1. The van der Waals surface area contributed by atoms with Crippen molar-refractivity contribution >= 4 is 47.3 Å². The van der Waals surface area contributed by atoms with Gasteiger partial charge in [0.05, 0.1) is 9.77 Å². The van der Waals surface area contributed by atoms with Crippen molar-refractivity contribution in [2.45, 2.75) is 13.3 Å². The van der Waals surface area contributed by atoms with E-state index in [9.17, 15) is 9.59 Å². The number of para-hydroxylation sites is 1. The van der Waals surface area contributed by atoms with E-state index in [0.29, 0.717) is 18.0 Å². The molecule has 23 heavy (non-hydrogen) atoms. The quantitative estimate of drug-likeness (QED) is 0.458. The molecule has 1 fully saturated rings. The molecule has 0 spiro atoms. The molecule has 120 valence electrons. The first kappa shape index (κ1) is 17.1. The van der Waals surface area contributed by atoms with E-state index >= 15 is 0 Å². The first-order valence-corrected chi connectivity index (χ1v) is 7.84. The highest BCUT2D eigenvalue weighted by molar-refractivity contribution is 14.1. The Kier molecular flexibility index (Phi) is 5.85. The second kappa shape index (κ2) is 7.86. The van der Waals surface area contributed by atoms with Gasteiger partial charge < -0.3 is 4.74 Å². The predicted octanol–water partition coefficient (Wildman–Crippen LogP) is 2.53. The number of nitrogens with one attached hydrogen (secondary N) is 1. The summed E-state index contributed by atoms with van der Waals surface area (Å²) in [6, 6.07) is 7.04. The molecule has 0 atom stereocenters. The molecule has 0 aromatic heterocycles. The molecule has 1 N–H and O–H groups in total. The minimum atomic E-state index is -0.461. The van der Waals surface area contributed by atoms with Crippen molar-refractivity contribution < 1.29 is 14.3 Å². The fourth-order valence-electron chi connectivity index (χ4n) is 1.84. The number of hydrogen-bond donors (Lipinski definition) is 1. The van der Waals surface area contributed by atoms with Crippen LogP contribution in [-0.4, -0.2) is 36.1 Å². The predicted molar refractivity (Wildman–Crippen MR) is 95.4 cm³/mol. The normalized spacial score (nSPS) is 16.2. The Morgan fingerprint density at radius 3 is 2.83 bits per heavy atom. The van der Waals surface area contributed by atoms with Crippen LogP contribution in [0.2, 0.25) is 0 Å². The molecule has 1 saturated heterocycles. The van der Waals surface area contributed by atoms with Gasteiger partial charge in [-0.15, -0.1) is 0 Å². The Hall–Kier alpha value is -2.23. The molecule has 1 aliphatic heterocycles. The topological polar surface area (TPSA) is 83.4 Å². The van der Waals surface area contributed by atoms with Crippen molar-refractivity contribution in [3.05, 3.63) is 39.7 Å². The van der Waals surface area contributed by atoms with Gasteiger partial charge in [0.15, 0.2) is 0 Å². The third-order valence-electron chi connectivity index (χ3n) is 3.01. The van der Waals surface area contributed by atoms with Crippen LogP contribution >= 0.6 is 22.6 Å². The zero-order valence-electron chi connectivity index (χ0n) is 12.5. The van der Waals surface area contributed by atoms with Gasteiger partial charge in [0.25, 0.3) is 0 Å². The van der Waals surface area contributed by atoms with Gasteiger partial charge in [-0.25, -0.2) is 14.8 Å². The smallest absolute Gasteiger partial charge is 0.328 e. The van der Waals surface area contributed by atoms with E-state index in [0.717, 1.165) is 3.57 Å². The summed E-state index contributed by atoms with van der Waals surface area (Å²) in [5.41, 5.74) is 0.572. The summed E-state index contributed by atoms with van der Waals surface area (Å²) in [5, 5.41) is 2.25. The Morgan fingerprint density at radius 1 is 1.43 bits per heavy atom. The van der Waals surface area contributed by atoms with Gasteiger partial charge in [0.2, 0.25) is 5.91 Å². The van der Waals surface area contributed by atoms with Crippen LogP contribution in [0.25, 0.3) is 0 Å². The molecule has 0 aliphatic carbocycles. The molecule has 7 nitrogen and oxygen atoms in total. The van der Waals surface area contributed by atoms with Crippen LogP contribution in [0.4, 0.5) is 4.79 Å². The van der Waals surface area contributed by atoms with Gasteiger partial charge in [-0.1, -0.05) is 12.1 Å². The van der Waals surface area contributed by atoms with E-state index in [-0.39, 0.29) is 18.3 Å². The first-order chi connectivity index (χ1) is 11.0. The lowest BCUT2D eigenvalue weighted by molar-refractivity contribution is -0.121. The number of hydrogen-bond acceptors (Lipinski definition) is 4. The largest absolute Gasteiger partial charge is 0.423 e. The minimum Gasteiger partial charge on any atom is -0.423 e. The first-order valence-electron chi connectivity index (χ1n) is 6.76. The lowest BCUT2D eigenvalue weighted by atomic mass is 10.3. The van der Waals surface area contributed by atoms with Gasteiger partial charge in [-0.3, -0.25) is 15.0 Å². The monoisotopic (exact) mass is 426 g/mol. The summed E-state index contributed by atoms with van der Waals surface area (Å²) in [7, 11) is 0. The van der Waals surface area contributed by atoms with E-state index in [4.69, 9.17) is 4.74 Å². The van der Waals surface area contributed by atoms with Crippen LogP contribution in [0.3, 0.4) is 0 Å². The van der Waals surface area contributed by atoms with Gasteiger partial charge >= 0.3 is 12.1 Å². The van der Waals surface area contributed by atoms with Crippen LogP contribution < -0.4 is 10.1 Å². The minimum absolute atomic E-state index is 0.0713. The number of amides is 3. The maximum absolute atomic E-state index is 11.7. The van der Waals surface area contributed by atoms with E-state index < -0.39 is 6.03 Å². The lowest BCUT2D eigenvalue weighted by Gasteiger charge is -2.26. The van der Waals surface area contributed by atoms with Crippen LogP contribution in [0.1, 0.15) is 13.3 Å². The lowest BCUT2D eigenvalue weighted by Crippen LogP contribution is -2.48. The Morgan fingerprint density at radius 2 is 2.17 bits per heavy atom. The molecule has 1 aliphatic rings. The van der Waals surface area contributed by atoms with Crippen LogP contribution in [-0.2, 0) is 4.79 Å². The third kappa shape index (κ3) is 4.62. The van der Waals surface area contributed by atoms with Gasteiger partial charge in [0, 0.05) is 18.7 Å². The number of aliphatic imine (C=N–C) groups is 2. The molecular formula is C15H15IN4O3. The second-order valence-corrected chi connectivity index (χ2v) is 5.79. The molecule has 0 saturated carbocycles. The summed E-state index contributed by atoms with van der Waals surface area (Å²) in [6.45, 7) is 5.46. The van der Waals surface area contributed by atoms with Gasteiger partial charge in [-0.05, 0) is 48.4 Å². The number of urea groups is 1. The van der Waals surface area contributed by atoms with E-state index in [1.165, 1.54) is 11.1 Å². The Balaban J connectivity index is 2.11. The standard InChI is InChI=1S/C15H15IN4O3/c1-10(20-8-7-13(21)19-15(20)22)9-18-14(17-2)23-12-6-4-3-5-11(12)16/h3-6,9H,2,7-8H2,1H3,(H,19,21,22)/b10-9+,18-14+. The van der Waals surface area contributed by atoms with E-state index in [2.05, 4.69) is 44.6 Å². The van der Waals surface area contributed by atoms with Gasteiger partial charge in [-0.2, -0.15) is 0 Å². The molecule has 0 unspecified atom stereocenters. The number of amidine groups is 1. The number of carbonyl (C=O) groups is 2. The van der Waals surface area contributed by atoms with Crippen molar-refractivity contribution in [1.82, 2.24) is 10.2 Å². The molecule has 8 heteroatoms. The Labute approximate surface area is 147 Å². The number of imide groups is 1. The fourth-order valence-corrected chi connectivity index (χ4v) is 2.34. The van der Waals surface area contributed by atoms with Crippen molar-refractivity contribution in [2.24, 2.45) is 9.98 Å². The number of carbonyl (C=O) groups excluding carboxylic acids is 2. The number of allylic oxidation sites excluding steroid dienone is 1. The summed E-state index contributed by atoms with van der Waals surface area (Å²) in [6.07, 6.45) is 1.71. The highest BCUT2D eigenvalue weighted by atomic mass is 127. The SMILES string of the molecule is C=N/C(=N\C=C(/C)N1CCC(=O)NC1=O)Oc1ccccc1I. The highest BCUT2D eigenvalue weighted by Gasteiger charge is 2.23. The second-order valence-electron chi connectivity index (χ2n) is 4.63. The average molecular weight is 426 g/mol. The van der Waals surface area contributed by atoms with Gasteiger partial charge in [0.1, 0.15) is 5.75 Å².